The summed E-state index contributed by atoms with van der Waals surface area (Å²) in [6, 6.07) is 12.3. The number of aromatic nitrogens is 5. The first-order valence-corrected chi connectivity index (χ1v) is 12.5. The summed E-state index contributed by atoms with van der Waals surface area (Å²) < 4.78 is 12.4. The lowest BCUT2D eigenvalue weighted by molar-refractivity contribution is -0.0511. The average molecular weight is 520 g/mol. The number of methoxy groups -OCH3 is 1. The van der Waals surface area contributed by atoms with Crippen LogP contribution in [0.25, 0.3) is 22.3 Å². The fraction of sp³-hybridized carbons (Fsp3) is 0.385. The number of nitrogens with zero attached hydrogens (tertiary/aromatic N) is 7. The van der Waals surface area contributed by atoms with E-state index in [4.69, 9.17) is 9.47 Å². The van der Waals surface area contributed by atoms with E-state index in [-0.39, 0.29) is 0 Å². The fourth-order valence-electron chi connectivity index (χ4n) is 5.08. The highest BCUT2D eigenvalue weighted by Gasteiger charge is 2.44. The molecule has 4 atom stereocenters. The van der Waals surface area contributed by atoms with Crippen LogP contribution in [0, 0.1) is 0 Å². The Bertz CT molecular complexity index is 1390. The van der Waals surface area contributed by atoms with E-state index in [2.05, 4.69) is 54.0 Å². The van der Waals surface area contributed by atoms with Crippen molar-refractivity contribution >= 4 is 22.7 Å². The third kappa shape index (κ3) is 4.31. The summed E-state index contributed by atoms with van der Waals surface area (Å²) in [6.07, 6.45) is 0.628. The smallest absolute Gasteiger partial charge is 0.212 e. The summed E-state index contributed by atoms with van der Waals surface area (Å²) in [5.74, 6) is 1.30. The van der Waals surface area contributed by atoms with Crippen LogP contribution in [-0.2, 0) is 4.74 Å². The Balaban J connectivity index is 1.15. The number of fused-ring (bicyclic) bond motifs is 1. The molecule has 3 aromatic heterocycles. The SMILES string of the molecule is COc1ccc(-c2ccc(N3CCN(c4ncnc5c4ncn5[C@@H]4O[C@H](CO)[C@@H](O)[C@H]4O)CC3)cc2)cn1. The molecular weight excluding hydrogens is 490 g/mol. The zero-order valence-electron chi connectivity index (χ0n) is 20.8. The van der Waals surface area contributed by atoms with Gasteiger partial charge in [0.2, 0.25) is 5.88 Å². The van der Waals surface area contributed by atoms with Gasteiger partial charge in [0, 0.05) is 49.7 Å². The van der Waals surface area contributed by atoms with Gasteiger partial charge in [0.15, 0.2) is 23.2 Å². The number of pyridine rings is 1. The number of aliphatic hydroxyl groups is 3. The lowest BCUT2D eigenvalue weighted by atomic mass is 10.1. The van der Waals surface area contributed by atoms with Crippen LogP contribution in [0.2, 0.25) is 0 Å². The van der Waals surface area contributed by atoms with Gasteiger partial charge in [-0.25, -0.2) is 19.9 Å². The Morgan fingerprint density at radius 2 is 1.63 bits per heavy atom. The average Bonchev–Trinajstić information content (AvgIpc) is 3.53. The largest absolute Gasteiger partial charge is 0.481 e. The molecule has 12 nitrogen and oxygen atoms in total. The maximum atomic E-state index is 10.4. The standard InChI is InChI=1S/C26H29N7O5/c1-37-20-7-4-17(12-27-20)16-2-5-18(6-3-16)31-8-10-32(11-9-31)24-21-25(29-14-28-24)33(15-30-21)26-23(36)22(35)19(13-34)38-26/h2-7,12,14-15,19,22-23,26,34-36H,8-11,13H2,1H3/t19-,22-,23-,26-/m1/s1. The van der Waals surface area contributed by atoms with Gasteiger partial charge in [-0.2, -0.15) is 0 Å². The van der Waals surface area contributed by atoms with Crippen molar-refractivity contribution < 1.29 is 24.8 Å². The number of anilines is 2. The van der Waals surface area contributed by atoms with Gasteiger partial charge < -0.3 is 34.6 Å². The predicted molar refractivity (Wildman–Crippen MR) is 139 cm³/mol. The van der Waals surface area contributed by atoms with E-state index in [1.54, 1.807) is 11.7 Å². The minimum atomic E-state index is -1.21. The Morgan fingerprint density at radius 1 is 0.895 bits per heavy atom. The van der Waals surface area contributed by atoms with Gasteiger partial charge in [0.1, 0.15) is 24.6 Å². The molecule has 0 aliphatic carbocycles. The van der Waals surface area contributed by atoms with E-state index in [0.717, 1.165) is 43.0 Å². The number of benzene rings is 1. The Labute approximate surface area is 218 Å². The van der Waals surface area contributed by atoms with Crippen LogP contribution in [0.4, 0.5) is 11.5 Å². The van der Waals surface area contributed by atoms with Crippen LogP contribution in [0.15, 0.2) is 55.2 Å². The number of aliphatic hydroxyl groups excluding tert-OH is 3. The number of hydrogen-bond acceptors (Lipinski definition) is 11. The van der Waals surface area contributed by atoms with E-state index < -0.39 is 31.1 Å². The molecule has 6 rings (SSSR count). The van der Waals surface area contributed by atoms with Crippen molar-refractivity contribution in [1.82, 2.24) is 24.5 Å². The molecule has 0 unspecified atom stereocenters. The minimum Gasteiger partial charge on any atom is -0.481 e. The number of piperazine rings is 1. The lowest BCUT2D eigenvalue weighted by Gasteiger charge is -2.36. The van der Waals surface area contributed by atoms with Gasteiger partial charge in [0.05, 0.1) is 20.0 Å². The quantitative estimate of drug-likeness (QED) is 0.333. The van der Waals surface area contributed by atoms with Gasteiger partial charge in [-0.1, -0.05) is 12.1 Å². The van der Waals surface area contributed by atoms with Gasteiger partial charge >= 0.3 is 0 Å². The van der Waals surface area contributed by atoms with Crippen LogP contribution in [-0.4, -0.2) is 98.0 Å². The summed E-state index contributed by atoms with van der Waals surface area (Å²) in [5.41, 5.74) is 4.37. The second kappa shape index (κ2) is 10.1. The third-order valence-corrected chi connectivity index (χ3v) is 7.22. The molecule has 2 fully saturated rings. The highest BCUT2D eigenvalue weighted by atomic mass is 16.6. The summed E-state index contributed by atoms with van der Waals surface area (Å²) >= 11 is 0. The molecule has 38 heavy (non-hydrogen) atoms. The second-order valence-electron chi connectivity index (χ2n) is 9.36. The van der Waals surface area contributed by atoms with Crippen LogP contribution in [0.3, 0.4) is 0 Å². The molecular formula is C26H29N7O5. The van der Waals surface area contributed by atoms with Gasteiger partial charge in [0.25, 0.3) is 0 Å². The maximum absolute atomic E-state index is 10.4. The molecule has 0 spiro atoms. The van der Waals surface area contributed by atoms with Crippen molar-refractivity contribution in [2.24, 2.45) is 0 Å². The molecule has 0 bridgehead atoms. The van der Waals surface area contributed by atoms with Crippen molar-refractivity contribution in [3.05, 3.63) is 55.2 Å². The maximum Gasteiger partial charge on any atom is 0.212 e. The van der Waals surface area contributed by atoms with Crippen molar-refractivity contribution in [3.8, 4) is 17.0 Å². The first kappa shape index (κ1) is 24.5. The third-order valence-electron chi connectivity index (χ3n) is 7.22. The number of imidazole rings is 1. The van der Waals surface area contributed by atoms with Crippen molar-refractivity contribution in [1.29, 1.82) is 0 Å². The van der Waals surface area contributed by atoms with E-state index in [1.807, 2.05) is 18.3 Å². The second-order valence-corrected chi connectivity index (χ2v) is 9.36. The molecule has 5 heterocycles. The molecule has 12 heteroatoms. The van der Waals surface area contributed by atoms with E-state index >= 15 is 0 Å². The lowest BCUT2D eigenvalue weighted by Crippen LogP contribution is -2.47. The van der Waals surface area contributed by atoms with E-state index in [1.165, 1.54) is 12.7 Å². The van der Waals surface area contributed by atoms with Crippen molar-refractivity contribution in [2.75, 3.05) is 49.7 Å². The summed E-state index contributed by atoms with van der Waals surface area (Å²) in [4.78, 5) is 22.2. The molecule has 2 aliphatic rings. The molecule has 1 aromatic carbocycles. The molecule has 2 saturated heterocycles. The fourth-order valence-corrected chi connectivity index (χ4v) is 5.08. The molecule has 4 aromatic rings. The highest BCUT2D eigenvalue weighted by molar-refractivity contribution is 5.83. The van der Waals surface area contributed by atoms with Crippen LogP contribution in [0.1, 0.15) is 6.23 Å². The zero-order chi connectivity index (χ0) is 26.2. The Kier molecular flexibility index (Phi) is 6.54. The predicted octanol–water partition coefficient (Wildman–Crippen LogP) is 0.835. The van der Waals surface area contributed by atoms with Crippen LogP contribution < -0.4 is 14.5 Å². The number of ether oxygens (including phenoxy) is 2. The molecule has 3 N–H and O–H groups in total. The molecule has 0 saturated carbocycles. The highest BCUT2D eigenvalue weighted by Crippen LogP contribution is 2.33. The van der Waals surface area contributed by atoms with Crippen molar-refractivity contribution in [3.63, 3.8) is 0 Å². The molecule has 198 valence electrons. The van der Waals surface area contributed by atoms with Gasteiger partial charge in [-0.05, 0) is 23.8 Å². The number of hydrogen-bond donors (Lipinski definition) is 3. The van der Waals surface area contributed by atoms with Crippen LogP contribution >= 0.6 is 0 Å². The van der Waals surface area contributed by atoms with Gasteiger partial charge in [-0.15, -0.1) is 0 Å². The normalized spacial score (nSPS) is 23.8. The van der Waals surface area contributed by atoms with E-state index in [9.17, 15) is 15.3 Å². The monoisotopic (exact) mass is 519 g/mol. The van der Waals surface area contributed by atoms with Crippen LogP contribution in [0.5, 0.6) is 5.88 Å². The summed E-state index contributed by atoms with van der Waals surface area (Å²) in [7, 11) is 1.60. The molecule has 2 aliphatic heterocycles. The van der Waals surface area contributed by atoms with Crippen molar-refractivity contribution in [2.45, 2.75) is 24.5 Å². The summed E-state index contributed by atoms with van der Waals surface area (Å²) in [5, 5.41) is 30.0. The Hall–Kier alpha value is -3.84. The minimum absolute atomic E-state index is 0.396. The zero-order valence-corrected chi connectivity index (χ0v) is 20.8. The number of rotatable bonds is 6. The first-order valence-electron chi connectivity index (χ1n) is 12.5. The summed E-state index contributed by atoms with van der Waals surface area (Å²) in [6.45, 7) is 2.72. The van der Waals surface area contributed by atoms with Gasteiger partial charge in [-0.3, -0.25) is 4.57 Å². The topological polar surface area (TPSA) is 142 Å². The molecule has 0 radical (unpaired) electrons. The van der Waals surface area contributed by atoms with E-state index in [0.29, 0.717) is 22.9 Å². The first-order chi connectivity index (χ1) is 18.6. The Morgan fingerprint density at radius 3 is 2.29 bits per heavy atom. The molecule has 0 amide bonds.